The summed E-state index contributed by atoms with van der Waals surface area (Å²) in [5.74, 6) is -0.141. The van der Waals surface area contributed by atoms with Gasteiger partial charge in [0.2, 0.25) is 0 Å². The lowest BCUT2D eigenvalue weighted by atomic mass is 9.87. The highest BCUT2D eigenvalue weighted by Gasteiger charge is 2.46. The predicted molar refractivity (Wildman–Crippen MR) is 40.0 cm³/mol. The summed E-state index contributed by atoms with van der Waals surface area (Å²) in [4.78, 5) is 10.8. The Kier molecular flexibility index (Phi) is 1.92. The minimum absolute atomic E-state index is 0.134. The smallest absolute Gasteiger partial charge is 0.309 e. The van der Waals surface area contributed by atoms with Gasteiger partial charge in [-0.05, 0) is 12.8 Å². The summed E-state index contributed by atoms with van der Waals surface area (Å²) >= 11 is 0. The molecule has 1 fully saturated rings. The number of hydrogen-bond acceptors (Lipinski definition) is 3. The van der Waals surface area contributed by atoms with E-state index in [1.165, 1.54) is 0 Å². The summed E-state index contributed by atoms with van der Waals surface area (Å²) < 4.78 is 5.03. The van der Waals surface area contributed by atoms with Gasteiger partial charge in [0.05, 0.1) is 6.42 Å². The lowest BCUT2D eigenvalue weighted by Crippen LogP contribution is -2.41. The van der Waals surface area contributed by atoms with E-state index in [0.29, 0.717) is 0 Å². The third kappa shape index (κ3) is 1.25. The van der Waals surface area contributed by atoms with E-state index in [1.807, 2.05) is 13.8 Å². The summed E-state index contributed by atoms with van der Waals surface area (Å²) in [6.07, 6.45) is -0.510. The van der Waals surface area contributed by atoms with Crippen LogP contribution in [-0.2, 0) is 9.53 Å². The Balaban J connectivity index is 2.78. The van der Waals surface area contributed by atoms with Gasteiger partial charge in [0.15, 0.2) is 0 Å². The van der Waals surface area contributed by atoms with Crippen molar-refractivity contribution in [1.82, 2.24) is 0 Å². The molecular formula is C8H14O3. The van der Waals surface area contributed by atoms with Gasteiger partial charge in [0.1, 0.15) is 11.7 Å². The normalized spacial score (nSPS) is 37.9. The molecule has 2 atom stereocenters. The summed E-state index contributed by atoms with van der Waals surface area (Å²) in [7, 11) is 0. The standard InChI is InChI=1S/C8H14O3/c1-5(2)8(3)6(9)4-7(10)11-8/h5-6,9H,4H2,1-3H3. The van der Waals surface area contributed by atoms with Crippen LogP contribution in [0.5, 0.6) is 0 Å². The molecule has 11 heavy (non-hydrogen) atoms. The van der Waals surface area contributed by atoms with Gasteiger partial charge in [0.25, 0.3) is 0 Å². The highest BCUT2D eigenvalue weighted by Crippen LogP contribution is 2.33. The first-order valence-corrected chi connectivity index (χ1v) is 3.86. The maximum atomic E-state index is 10.8. The number of ether oxygens (including phenoxy) is 1. The minimum atomic E-state index is -0.670. The third-order valence-corrected chi connectivity index (χ3v) is 2.50. The molecule has 0 spiro atoms. The Labute approximate surface area is 66.4 Å². The fraction of sp³-hybridized carbons (Fsp3) is 0.875. The highest BCUT2D eigenvalue weighted by atomic mass is 16.6. The van der Waals surface area contributed by atoms with Crippen molar-refractivity contribution in [3.05, 3.63) is 0 Å². The van der Waals surface area contributed by atoms with Crippen LogP contribution in [0.2, 0.25) is 0 Å². The van der Waals surface area contributed by atoms with Crippen LogP contribution >= 0.6 is 0 Å². The van der Waals surface area contributed by atoms with Crippen molar-refractivity contribution in [1.29, 1.82) is 0 Å². The molecule has 0 aliphatic carbocycles. The van der Waals surface area contributed by atoms with Crippen LogP contribution < -0.4 is 0 Å². The van der Waals surface area contributed by atoms with Gasteiger partial charge >= 0.3 is 5.97 Å². The lowest BCUT2D eigenvalue weighted by Gasteiger charge is -2.30. The zero-order chi connectivity index (χ0) is 8.65. The first kappa shape index (κ1) is 8.53. The summed E-state index contributed by atoms with van der Waals surface area (Å²) in [6, 6.07) is 0. The van der Waals surface area contributed by atoms with Crippen LogP contribution in [0.1, 0.15) is 27.2 Å². The average Bonchev–Trinajstić information content (AvgIpc) is 2.08. The van der Waals surface area contributed by atoms with Gasteiger partial charge in [-0.3, -0.25) is 4.79 Å². The maximum Gasteiger partial charge on any atom is 0.309 e. The molecule has 1 aliphatic rings. The van der Waals surface area contributed by atoms with Crippen LogP contribution in [0, 0.1) is 5.92 Å². The van der Waals surface area contributed by atoms with Gasteiger partial charge in [-0.25, -0.2) is 0 Å². The first-order chi connectivity index (χ1) is 4.97. The molecule has 0 aromatic rings. The monoisotopic (exact) mass is 158 g/mol. The lowest BCUT2D eigenvalue weighted by molar-refractivity contribution is -0.153. The van der Waals surface area contributed by atoms with Gasteiger partial charge in [-0.2, -0.15) is 0 Å². The zero-order valence-electron chi connectivity index (χ0n) is 7.13. The Morgan fingerprint density at radius 3 is 2.45 bits per heavy atom. The van der Waals surface area contributed by atoms with E-state index in [-0.39, 0.29) is 18.3 Å². The molecule has 3 heteroatoms. The summed E-state index contributed by atoms with van der Waals surface area (Å²) in [6.45, 7) is 5.64. The van der Waals surface area contributed by atoms with E-state index >= 15 is 0 Å². The molecule has 0 aromatic heterocycles. The number of carbonyl (C=O) groups is 1. The van der Waals surface area contributed by atoms with Gasteiger partial charge in [-0.15, -0.1) is 0 Å². The maximum absolute atomic E-state index is 10.8. The molecule has 0 saturated carbocycles. The van der Waals surface area contributed by atoms with Crippen molar-refractivity contribution < 1.29 is 14.6 Å². The SMILES string of the molecule is CC(C)C1(C)OC(=O)CC1O. The second-order valence-electron chi connectivity index (χ2n) is 3.53. The minimum Gasteiger partial charge on any atom is -0.456 e. The zero-order valence-corrected chi connectivity index (χ0v) is 7.13. The molecule has 1 saturated heterocycles. The number of aliphatic hydroxyl groups is 1. The first-order valence-electron chi connectivity index (χ1n) is 3.86. The predicted octanol–water partition coefficient (Wildman–Crippen LogP) is 0.709. The van der Waals surface area contributed by atoms with E-state index < -0.39 is 11.7 Å². The molecule has 0 amide bonds. The number of rotatable bonds is 1. The van der Waals surface area contributed by atoms with Crippen molar-refractivity contribution in [3.8, 4) is 0 Å². The van der Waals surface area contributed by atoms with Crippen molar-refractivity contribution in [2.24, 2.45) is 5.92 Å². The number of hydrogen-bond donors (Lipinski definition) is 1. The Hall–Kier alpha value is -0.570. The topological polar surface area (TPSA) is 46.5 Å². The molecule has 1 heterocycles. The van der Waals surface area contributed by atoms with E-state index in [2.05, 4.69) is 0 Å². The Morgan fingerprint density at radius 2 is 2.27 bits per heavy atom. The molecule has 2 unspecified atom stereocenters. The van der Waals surface area contributed by atoms with E-state index in [9.17, 15) is 9.90 Å². The quantitative estimate of drug-likeness (QED) is 0.572. The van der Waals surface area contributed by atoms with Gasteiger partial charge < -0.3 is 9.84 Å². The molecular weight excluding hydrogens is 144 g/mol. The second-order valence-corrected chi connectivity index (χ2v) is 3.53. The van der Waals surface area contributed by atoms with Crippen LogP contribution in [0.15, 0.2) is 0 Å². The van der Waals surface area contributed by atoms with Crippen molar-refractivity contribution in [2.75, 3.05) is 0 Å². The fourth-order valence-electron chi connectivity index (χ4n) is 1.22. The fourth-order valence-corrected chi connectivity index (χ4v) is 1.22. The molecule has 0 aromatic carbocycles. The second kappa shape index (κ2) is 2.48. The van der Waals surface area contributed by atoms with E-state index in [0.717, 1.165) is 0 Å². The van der Waals surface area contributed by atoms with Crippen LogP contribution in [0.3, 0.4) is 0 Å². The molecule has 3 nitrogen and oxygen atoms in total. The Morgan fingerprint density at radius 1 is 1.73 bits per heavy atom. The van der Waals surface area contributed by atoms with Crippen molar-refractivity contribution >= 4 is 5.97 Å². The highest BCUT2D eigenvalue weighted by molar-refractivity contribution is 5.73. The molecule has 1 aliphatic heterocycles. The summed E-state index contributed by atoms with van der Waals surface area (Å²) in [5, 5.41) is 9.44. The number of esters is 1. The average molecular weight is 158 g/mol. The van der Waals surface area contributed by atoms with Gasteiger partial charge in [0, 0.05) is 0 Å². The number of aliphatic hydroxyl groups excluding tert-OH is 1. The van der Waals surface area contributed by atoms with Crippen molar-refractivity contribution in [2.45, 2.75) is 38.9 Å². The Bertz CT molecular complexity index is 176. The molecule has 1 rings (SSSR count). The van der Waals surface area contributed by atoms with E-state index in [4.69, 9.17) is 4.74 Å². The van der Waals surface area contributed by atoms with Crippen LogP contribution in [0.4, 0.5) is 0 Å². The van der Waals surface area contributed by atoms with E-state index in [1.54, 1.807) is 6.92 Å². The third-order valence-electron chi connectivity index (χ3n) is 2.50. The van der Waals surface area contributed by atoms with Crippen molar-refractivity contribution in [3.63, 3.8) is 0 Å². The van der Waals surface area contributed by atoms with Gasteiger partial charge in [-0.1, -0.05) is 13.8 Å². The van der Waals surface area contributed by atoms with Crippen LogP contribution in [-0.4, -0.2) is 22.8 Å². The van der Waals surface area contributed by atoms with Crippen LogP contribution in [0.25, 0.3) is 0 Å². The molecule has 0 bridgehead atoms. The summed E-state index contributed by atoms with van der Waals surface area (Å²) in [5.41, 5.74) is -0.670. The number of cyclic esters (lactones) is 1. The molecule has 64 valence electrons. The number of carbonyl (C=O) groups excluding carboxylic acids is 1. The molecule has 0 radical (unpaired) electrons. The molecule has 1 N–H and O–H groups in total. The largest absolute Gasteiger partial charge is 0.456 e.